The van der Waals surface area contributed by atoms with E-state index in [1.165, 1.54) is 24.0 Å². The van der Waals surface area contributed by atoms with Gasteiger partial charge in [-0.05, 0) is 55.4 Å². The molecule has 0 heterocycles. The normalized spacial score (nSPS) is 15.2. The van der Waals surface area contributed by atoms with E-state index in [1.54, 1.807) is 0 Å². The fourth-order valence-electron chi connectivity index (χ4n) is 2.40. The van der Waals surface area contributed by atoms with Crippen molar-refractivity contribution in [3.05, 3.63) is 34.9 Å². The summed E-state index contributed by atoms with van der Waals surface area (Å²) in [4.78, 5) is 12.5. The summed E-state index contributed by atoms with van der Waals surface area (Å²) in [6.45, 7) is 2.88. The first kappa shape index (κ1) is 13.6. The quantitative estimate of drug-likeness (QED) is 0.655. The van der Waals surface area contributed by atoms with Gasteiger partial charge in [-0.1, -0.05) is 28.9 Å². The van der Waals surface area contributed by atoms with Gasteiger partial charge in [-0.25, -0.2) is 0 Å². The first-order valence-corrected chi connectivity index (χ1v) is 7.62. The number of rotatable bonds is 5. The van der Waals surface area contributed by atoms with Gasteiger partial charge in [0.05, 0.1) is 0 Å². The summed E-state index contributed by atoms with van der Waals surface area (Å²) in [5.74, 6) is 0.0620. The van der Waals surface area contributed by atoms with E-state index in [9.17, 15) is 4.79 Å². The van der Waals surface area contributed by atoms with Gasteiger partial charge in [0.25, 0.3) is 5.91 Å². The van der Waals surface area contributed by atoms with Crippen molar-refractivity contribution in [1.82, 2.24) is 5.32 Å². The van der Waals surface area contributed by atoms with Crippen LogP contribution in [0.3, 0.4) is 0 Å². The van der Waals surface area contributed by atoms with Crippen LogP contribution in [0.25, 0.3) is 0 Å². The summed E-state index contributed by atoms with van der Waals surface area (Å²) in [6.07, 6.45) is 5.62. The summed E-state index contributed by atoms with van der Waals surface area (Å²) in [5, 5.41) is 2.99. The number of halogens is 1. The molecule has 0 spiro atoms. The summed E-state index contributed by atoms with van der Waals surface area (Å²) < 4.78 is 0. The highest BCUT2D eigenvalue weighted by atomic mass is 79.9. The number of aryl methyl sites for hydroxylation is 2. The van der Waals surface area contributed by atoms with Crippen molar-refractivity contribution in [3.8, 4) is 0 Å². The van der Waals surface area contributed by atoms with Crippen molar-refractivity contribution < 1.29 is 4.79 Å². The van der Waals surface area contributed by atoms with Gasteiger partial charge in [-0.2, -0.15) is 0 Å². The van der Waals surface area contributed by atoms with Crippen LogP contribution >= 0.6 is 15.9 Å². The van der Waals surface area contributed by atoms with Gasteiger partial charge in [0, 0.05) is 16.9 Å². The topological polar surface area (TPSA) is 29.1 Å². The molecule has 1 aromatic carbocycles. The highest BCUT2D eigenvalue weighted by molar-refractivity contribution is 9.09. The SMILES string of the molecule is CC(Br)CCCNC(=O)c1ccc2c(c1)CCC2. The third kappa shape index (κ3) is 3.58. The Bertz CT molecular complexity index is 429. The molecule has 1 amide bonds. The standard InChI is InChI=1S/C15H20BrNO/c1-11(16)4-3-9-17-15(18)14-8-7-12-5-2-6-13(12)10-14/h7-8,10-11H,2-6,9H2,1H3,(H,17,18). The van der Waals surface area contributed by atoms with Crippen LogP contribution in [-0.2, 0) is 12.8 Å². The Kier molecular flexibility index (Phi) is 4.81. The number of fused-ring (bicyclic) bond motifs is 1. The Morgan fingerprint density at radius 1 is 1.39 bits per heavy atom. The minimum Gasteiger partial charge on any atom is -0.352 e. The largest absolute Gasteiger partial charge is 0.352 e. The van der Waals surface area contributed by atoms with Gasteiger partial charge in [0.1, 0.15) is 0 Å². The lowest BCUT2D eigenvalue weighted by atomic mass is 10.1. The maximum atomic E-state index is 12.0. The van der Waals surface area contributed by atoms with Crippen molar-refractivity contribution in [2.24, 2.45) is 0 Å². The van der Waals surface area contributed by atoms with Crippen LogP contribution in [0.15, 0.2) is 18.2 Å². The molecule has 1 unspecified atom stereocenters. The Balaban J connectivity index is 1.85. The van der Waals surface area contributed by atoms with Gasteiger partial charge < -0.3 is 5.32 Å². The molecule has 0 fully saturated rings. The maximum absolute atomic E-state index is 12.0. The molecule has 98 valence electrons. The van der Waals surface area contributed by atoms with Crippen molar-refractivity contribution >= 4 is 21.8 Å². The lowest BCUT2D eigenvalue weighted by Gasteiger charge is -2.07. The van der Waals surface area contributed by atoms with Gasteiger partial charge in [-0.15, -0.1) is 0 Å². The van der Waals surface area contributed by atoms with E-state index in [2.05, 4.69) is 40.3 Å². The monoisotopic (exact) mass is 309 g/mol. The number of hydrogen-bond acceptors (Lipinski definition) is 1. The fraction of sp³-hybridized carbons (Fsp3) is 0.533. The van der Waals surface area contributed by atoms with Crippen LogP contribution < -0.4 is 5.32 Å². The first-order valence-electron chi connectivity index (χ1n) is 6.71. The zero-order valence-corrected chi connectivity index (χ0v) is 12.4. The third-order valence-electron chi connectivity index (χ3n) is 3.42. The van der Waals surface area contributed by atoms with E-state index < -0.39 is 0 Å². The van der Waals surface area contributed by atoms with E-state index in [0.29, 0.717) is 4.83 Å². The Morgan fingerprint density at radius 3 is 2.94 bits per heavy atom. The molecule has 0 radical (unpaired) electrons. The van der Waals surface area contributed by atoms with Gasteiger partial charge in [0.15, 0.2) is 0 Å². The molecule has 2 rings (SSSR count). The minimum absolute atomic E-state index is 0.0620. The second-order valence-electron chi connectivity index (χ2n) is 5.02. The molecule has 1 atom stereocenters. The summed E-state index contributed by atoms with van der Waals surface area (Å²) in [7, 11) is 0. The zero-order chi connectivity index (χ0) is 13.0. The van der Waals surface area contributed by atoms with E-state index >= 15 is 0 Å². The molecule has 1 aliphatic carbocycles. The Hall–Kier alpha value is -0.830. The van der Waals surface area contributed by atoms with Crippen LogP contribution in [0.2, 0.25) is 0 Å². The lowest BCUT2D eigenvalue weighted by Crippen LogP contribution is -2.24. The third-order valence-corrected chi connectivity index (χ3v) is 3.88. The smallest absolute Gasteiger partial charge is 0.251 e. The molecular weight excluding hydrogens is 290 g/mol. The maximum Gasteiger partial charge on any atom is 0.251 e. The highest BCUT2D eigenvalue weighted by Crippen LogP contribution is 2.22. The number of carbonyl (C=O) groups is 1. The summed E-state index contributed by atoms with van der Waals surface area (Å²) in [5.41, 5.74) is 3.58. The van der Waals surface area contributed by atoms with Gasteiger partial charge in [0.2, 0.25) is 0 Å². The molecule has 0 saturated heterocycles. The lowest BCUT2D eigenvalue weighted by molar-refractivity contribution is 0.0953. The Morgan fingerprint density at radius 2 is 2.17 bits per heavy atom. The molecule has 2 nitrogen and oxygen atoms in total. The average Bonchev–Trinajstić information content (AvgIpc) is 2.81. The number of amides is 1. The van der Waals surface area contributed by atoms with Crippen LogP contribution in [0.5, 0.6) is 0 Å². The van der Waals surface area contributed by atoms with Crippen LogP contribution in [0.4, 0.5) is 0 Å². The first-order chi connectivity index (χ1) is 8.66. The van der Waals surface area contributed by atoms with Crippen LogP contribution in [-0.4, -0.2) is 17.3 Å². The highest BCUT2D eigenvalue weighted by Gasteiger charge is 2.13. The number of nitrogens with one attached hydrogen (secondary N) is 1. The van der Waals surface area contributed by atoms with E-state index in [1.807, 2.05) is 6.07 Å². The Labute approximate surface area is 117 Å². The number of benzene rings is 1. The van der Waals surface area contributed by atoms with Crippen LogP contribution in [0, 0.1) is 0 Å². The number of carbonyl (C=O) groups excluding carboxylic acids is 1. The fourth-order valence-corrected chi connectivity index (χ4v) is 2.72. The summed E-state index contributed by atoms with van der Waals surface area (Å²) >= 11 is 3.51. The zero-order valence-electron chi connectivity index (χ0n) is 10.8. The second-order valence-corrected chi connectivity index (χ2v) is 6.58. The molecule has 3 heteroatoms. The van der Waals surface area contributed by atoms with Gasteiger partial charge >= 0.3 is 0 Å². The molecule has 0 aromatic heterocycles. The summed E-state index contributed by atoms with van der Waals surface area (Å²) in [6, 6.07) is 6.12. The predicted octanol–water partition coefficient (Wildman–Crippen LogP) is 3.47. The van der Waals surface area contributed by atoms with Crippen molar-refractivity contribution in [1.29, 1.82) is 0 Å². The van der Waals surface area contributed by atoms with Crippen LogP contribution in [0.1, 0.15) is 47.7 Å². The molecule has 1 aliphatic rings. The van der Waals surface area contributed by atoms with E-state index in [0.717, 1.165) is 31.4 Å². The second kappa shape index (κ2) is 6.37. The number of alkyl halides is 1. The van der Waals surface area contributed by atoms with E-state index in [4.69, 9.17) is 0 Å². The molecule has 0 aliphatic heterocycles. The molecular formula is C15H20BrNO. The molecule has 0 bridgehead atoms. The predicted molar refractivity (Wildman–Crippen MR) is 78.4 cm³/mol. The number of hydrogen-bond donors (Lipinski definition) is 1. The molecule has 18 heavy (non-hydrogen) atoms. The van der Waals surface area contributed by atoms with Gasteiger partial charge in [-0.3, -0.25) is 4.79 Å². The molecule has 1 N–H and O–H groups in total. The van der Waals surface area contributed by atoms with Crippen molar-refractivity contribution in [2.45, 2.75) is 43.9 Å². The van der Waals surface area contributed by atoms with Crippen molar-refractivity contribution in [2.75, 3.05) is 6.54 Å². The van der Waals surface area contributed by atoms with Crippen molar-refractivity contribution in [3.63, 3.8) is 0 Å². The molecule has 1 aromatic rings. The van der Waals surface area contributed by atoms with E-state index in [-0.39, 0.29) is 5.91 Å². The molecule has 0 saturated carbocycles. The average molecular weight is 310 g/mol. The minimum atomic E-state index is 0.0620.